The Balaban J connectivity index is 1.29. The molecule has 144 valence electrons. The fraction of sp³-hybridized carbons (Fsp3) is 0.286. The van der Waals surface area contributed by atoms with Crippen LogP contribution in [0.25, 0.3) is 11.3 Å². The molecule has 6 nitrogen and oxygen atoms in total. The average molecular weight is 396 g/mol. The number of H-pyrrole nitrogens is 1. The summed E-state index contributed by atoms with van der Waals surface area (Å²) in [6.45, 7) is 2.65. The van der Waals surface area contributed by atoms with Gasteiger partial charge < -0.3 is 10.2 Å². The minimum Gasteiger partial charge on any atom is -0.371 e. The molecule has 0 saturated carbocycles. The Morgan fingerprint density at radius 3 is 2.68 bits per heavy atom. The topological polar surface area (TPSA) is 73.9 Å². The number of hydrogen-bond acceptors (Lipinski definition) is 4. The number of amides is 1. The van der Waals surface area contributed by atoms with Gasteiger partial charge in [-0.15, -0.1) is 0 Å². The monoisotopic (exact) mass is 395 g/mol. The standard InChI is InChI=1S/C21H22ClN5O/c22-18-4-2-1-3-17(18)19-13-20(26-25-19)21(28)24-14-15-7-11-27(12-8-15)16-5-9-23-10-6-16/h1-6,9-10,13,15H,7-8,11-12,14H2,(H,24,28)(H,25,26). The lowest BCUT2D eigenvalue weighted by Gasteiger charge is -2.33. The number of halogens is 1. The number of carbonyl (C=O) groups is 1. The van der Waals surface area contributed by atoms with Gasteiger partial charge in [0.2, 0.25) is 0 Å². The van der Waals surface area contributed by atoms with Crippen LogP contribution in [-0.2, 0) is 0 Å². The summed E-state index contributed by atoms with van der Waals surface area (Å²) in [7, 11) is 0. The Morgan fingerprint density at radius 2 is 1.93 bits per heavy atom. The molecule has 2 aromatic heterocycles. The van der Waals surface area contributed by atoms with Crippen LogP contribution in [0.4, 0.5) is 5.69 Å². The van der Waals surface area contributed by atoms with Crippen molar-refractivity contribution in [3.8, 4) is 11.3 Å². The molecule has 0 bridgehead atoms. The van der Waals surface area contributed by atoms with E-state index in [1.165, 1.54) is 5.69 Å². The van der Waals surface area contributed by atoms with E-state index in [9.17, 15) is 4.79 Å². The Hall–Kier alpha value is -2.86. The van der Waals surface area contributed by atoms with Crippen molar-refractivity contribution in [1.82, 2.24) is 20.5 Å². The first kappa shape index (κ1) is 18.5. The quantitative estimate of drug-likeness (QED) is 0.689. The summed E-state index contributed by atoms with van der Waals surface area (Å²) in [6.07, 6.45) is 5.75. The van der Waals surface area contributed by atoms with Gasteiger partial charge in [-0.25, -0.2) is 0 Å². The number of piperidine rings is 1. The molecule has 7 heteroatoms. The molecule has 1 aliphatic heterocycles. The normalized spacial score (nSPS) is 14.8. The molecule has 4 rings (SSSR count). The van der Waals surface area contributed by atoms with Crippen molar-refractivity contribution in [3.05, 3.63) is 65.6 Å². The first-order chi connectivity index (χ1) is 13.7. The second-order valence-electron chi connectivity index (χ2n) is 6.99. The highest BCUT2D eigenvalue weighted by atomic mass is 35.5. The number of rotatable bonds is 5. The van der Waals surface area contributed by atoms with Crippen LogP contribution in [0.3, 0.4) is 0 Å². The Morgan fingerprint density at radius 1 is 1.18 bits per heavy atom. The molecular weight excluding hydrogens is 374 g/mol. The van der Waals surface area contributed by atoms with Crippen LogP contribution in [-0.4, -0.2) is 40.7 Å². The van der Waals surface area contributed by atoms with Gasteiger partial charge in [-0.05, 0) is 43.0 Å². The predicted octanol–water partition coefficient (Wildman–Crippen LogP) is 3.77. The molecule has 1 saturated heterocycles. The van der Waals surface area contributed by atoms with E-state index in [4.69, 9.17) is 11.6 Å². The zero-order valence-electron chi connectivity index (χ0n) is 15.4. The van der Waals surface area contributed by atoms with Gasteiger partial charge in [-0.2, -0.15) is 5.10 Å². The third-order valence-electron chi connectivity index (χ3n) is 5.17. The third kappa shape index (κ3) is 4.17. The summed E-state index contributed by atoms with van der Waals surface area (Å²) in [5, 5.41) is 10.7. The highest BCUT2D eigenvalue weighted by Gasteiger charge is 2.21. The largest absolute Gasteiger partial charge is 0.371 e. The van der Waals surface area contributed by atoms with Crippen LogP contribution in [0.2, 0.25) is 5.02 Å². The third-order valence-corrected chi connectivity index (χ3v) is 5.50. The van der Waals surface area contributed by atoms with Gasteiger partial charge in [-0.1, -0.05) is 29.8 Å². The van der Waals surface area contributed by atoms with Crippen molar-refractivity contribution < 1.29 is 4.79 Å². The number of carbonyl (C=O) groups excluding carboxylic acids is 1. The molecule has 0 unspecified atom stereocenters. The molecule has 1 amide bonds. The number of nitrogens with one attached hydrogen (secondary N) is 2. The van der Waals surface area contributed by atoms with Crippen LogP contribution < -0.4 is 10.2 Å². The zero-order chi connectivity index (χ0) is 19.3. The van der Waals surface area contributed by atoms with Crippen molar-refractivity contribution in [1.29, 1.82) is 0 Å². The van der Waals surface area contributed by atoms with E-state index in [0.29, 0.717) is 28.9 Å². The maximum atomic E-state index is 12.5. The zero-order valence-corrected chi connectivity index (χ0v) is 16.2. The number of anilines is 1. The highest BCUT2D eigenvalue weighted by molar-refractivity contribution is 6.33. The van der Waals surface area contributed by atoms with Gasteiger partial charge in [0.05, 0.1) is 10.7 Å². The summed E-state index contributed by atoms with van der Waals surface area (Å²) in [4.78, 5) is 18.9. The summed E-state index contributed by atoms with van der Waals surface area (Å²) in [5.74, 6) is 0.343. The van der Waals surface area contributed by atoms with Crippen molar-refractivity contribution >= 4 is 23.2 Å². The molecule has 3 heterocycles. The minimum absolute atomic E-state index is 0.137. The van der Waals surface area contributed by atoms with Crippen LogP contribution in [0.15, 0.2) is 54.9 Å². The first-order valence-electron chi connectivity index (χ1n) is 9.44. The maximum Gasteiger partial charge on any atom is 0.269 e. The fourth-order valence-electron chi connectivity index (χ4n) is 3.53. The van der Waals surface area contributed by atoms with Crippen molar-refractivity contribution in [3.63, 3.8) is 0 Å². The molecular formula is C21H22ClN5O. The van der Waals surface area contributed by atoms with Gasteiger partial charge in [0.15, 0.2) is 0 Å². The number of aromatic nitrogens is 3. The second-order valence-corrected chi connectivity index (χ2v) is 7.40. The Bertz CT molecular complexity index is 935. The lowest BCUT2D eigenvalue weighted by Crippen LogP contribution is -2.38. The highest BCUT2D eigenvalue weighted by Crippen LogP contribution is 2.26. The fourth-order valence-corrected chi connectivity index (χ4v) is 3.76. The van der Waals surface area contributed by atoms with Gasteiger partial charge in [0.25, 0.3) is 5.91 Å². The summed E-state index contributed by atoms with van der Waals surface area (Å²) >= 11 is 6.20. The molecule has 1 fully saturated rings. The molecule has 0 aliphatic carbocycles. The smallest absolute Gasteiger partial charge is 0.269 e. The van der Waals surface area contributed by atoms with Crippen LogP contribution in [0, 0.1) is 5.92 Å². The Kier molecular flexibility index (Phi) is 5.58. The van der Waals surface area contributed by atoms with Crippen LogP contribution in [0.1, 0.15) is 23.3 Å². The van der Waals surface area contributed by atoms with E-state index in [2.05, 4.69) is 25.4 Å². The number of benzene rings is 1. The van der Waals surface area contributed by atoms with Crippen molar-refractivity contribution in [2.75, 3.05) is 24.5 Å². The van der Waals surface area contributed by atoms with Gasteiger partial charge in [0.1, 0.15) is 5.69 Å². The number of nitrogens with zero attached hydrogens (tertiary/aromatic N) is 3. The number of aromatic amines is 1. The van der Waals surface area contributed by atoms with E-state index >= 15 is 0 Å². The molecule has 0 spiro atoms. The summed E-state index contributed by atoms with van der Waals surface area (Å²) in [6, 6.07) is 13.3. The van der Waals surface area contributed by atoms with Gasteiger partial charge in [-0.3, -0.25) is 14.9 Å². The minimum atomic E-state index is -0.137. The van der Waals surface area contributed by atoms with E-state index in [0.717, 1.165) is 31.5 Å². The maximum absolute atomic E-state index is 12.5. The van der Waals surface area contributed by atoms with E-state index in [1.807, 2.05) is 48.8 Å². The lowest BCUT2D eigenvalue weighted by molar-refractivity contribution is 0.0940. The second kappa shape index (κ2) is 8.44. The molecule has 1 aromatic carbocycles. The Labute approximate surface area is 168 Å². The van der Waals surface area contributed by atoms with Crippen LogP contribution in [0.5, 0.6) is 0 Å². The molecule has 1 aliphatic rings. The van der Waals surface area contributed by atoms with Gasteiger partial charge in [0, 0.05) is 43.3 Å². The van der Waals surface area contributed by atoms with E-state index < -0.39 is 0 Å². The summed E-state index contributed by atoms with van der Waals surface area (Å²) in [5.41, 5.74) is 3.13. The van der Waals surface area contributed by atoms with Crippen LogP contribution >= 0.6 is 11.6 Å². The molecule has 0 atom stereocenters. The van der Waals surface area contributed by atoms with Crippen molar-refractivity contribution in [2.45, 2.75) is 12.8 Å². The number of pyridine rings is 1. The van der Waals surface area contributed by atoms with Crippen molar-refractivity contribution in [2.24, 2.45) is 5.92 Å². The predicted molar refractivity (Wildman–Crippen MR) is 111 cm³/mol. The SMILES string of the molecule is O=C(NCC1CCN(c2ccncc2)CC1)c1cc(-c2ccccc2Cl)n[nH]1. The van der Waals surface area contributed by atoms with E-state index in [1.54, 1.807) is 6.07 Å². The molecule has 3 aromatic rings. The molecule has 2 N–H and O–H groups in total. The lowest BCUT2D eigenvalue weighted by atomic mass is 9.96. The van der Waals surface area contributed by atoms with E-state index in [-0.39, 0.29) is 5.91 Å². The summed E-state index contributed by atoms with van der Waals surface area (Å²) < 4.78 is 0. The first-order valence-corrected chi connectivity index (χ1v) is 9.82. The van der Waals surface area contributed by atoms with Gasteiger partial charge >= 0.3 is 0 Å². The average Bonchev–Trinajstić information content (AvgIpc) is 3.23. The molecule has 0 radical (unpaired) electrons. The number of hydrogen-bond donors (Lipinski definition) is 2. The molecule has 28 heavy (non-hydrogen) atoms.